The van der Waals surface area contributed by atoms with Gasteiger partial charge < -0.3 is 4.79 Å². The number of carbonyl (C=O) groups is 1. The fraction of sp³-hybridized carbons (Fsp3) is 0.750. The fourth-order valence-electron chi connectivity index (χ4n) is 0.919. The van der Waals surface area contributed by atoms with E-state index in [1.54, 1.807) is 5.37 Å². The number of aldehydes is 1. The van der Waals surface area contributed by atoms with Crippen LogP contribution in [0.5, 0.6) is 0 Å². The molecule has 0 spiro atoms. The van der Waals surface area contributed by atoms with Gasteiger partial charge in [0.2, 0.25) is 0 Å². The molecule has 0 rings (SSSR count). The minimum atomic E-state index is -0.00289. The molecule has 0 unspecified atom stereocenters. The molecule has 10 heavy (non-hydrogen) atoms. The van der Waals surface area contributed by atoms with Crippen LogP contribution >= 0.6 is 12.2 Å². The molecule has 58 valence electrons. The Morgan fingerprint density at radius 2 is 1.90 bits per heavy atom. The lowest BCUT2D eigenvalue weighted by Crippen LogP contribution is -2.19. The Kier molecular flexibility index (Phi) is 4.45. The Labute approximate surface area is 67.8 Å². The molecule has 1 nitrogen and oxygen atoms in total. The molecule has 0 aromatic rings. The van der Waals surface area contributed by atoms with Crippen molar-refractivity contribution in [2.75, 3.05) is 0 Å². The summed E-state index contributed by atoms with van der Waals surface area (Å²) in [5, 5.41) is 1.74. The van der Waals surface area contributed by atoms with E-state index in [2.05, 4.69) is 13.8 Å². The van der Waals surface area contributed by atoms with E-state index >= 15 is 0 Å². The Balaban J connectivity index is 4.13. The SMILES string of the molecule is CCC(C=S)(CC)CC=O. The standard InChI is InChI=1S/C8H14OS/c1-3-8(4-2,7-10)5-6-9/h6-7H,3-5H2,1-2H3. The van der Waals surface area contributed by atoms with Gasteiger partial charge >= 0.3 is 0 Å². The predicted molar refractivity (Wildman–Crippen MR) is 47.4 cm³/mol. The number of thiocarbonyl (C=S) groups is 1. The lowest BCUT2D eigenvalue weighted by Gasteiger charge is -2.23. The van der Waals surface area contributed by atoms with E-state index in [1.165, 1.54) is 0 Å². The zero-order valence-corrected chi connectivity index (χ0v) is 7.41. The van der Waals surface area contributed by atoms with E-state index in [0.29, 0.717) is 6.42 Å². The molecule has 0 N–H and O–H groups in total. The summed E-state index contributed by atoms with van der Waals surface area (Å²) in [6.45, 7) is 4.13. The molecule has 0 saturated carbocycles. The van der Waals surface area contributed by atoms with Gasteiger partial charge in [-0.15, -0.1) is 0 Å². The lowest BCUT2D eigenvalue weighted by atomic mass is 9.82. The first-order valence-electron chi connectivity index (χ1n) is 3.64. The summed E-state index contributed by atoms with van der Waals surface area (Å²) >= 11 is 4.87. The molecular weight excluding hydrogens is 144 g/mol. The van der Waals surface area contributed by atoms with Crippen LogP contribution in [-0.4, -0.2) is 11.7 Å². The molecule has 0 amide bonds. The highest BCUT2D eigenvalue weighted by atomic mass is 32.1. The van der Waals surface area contributed by atoms with Crippen LogP contribution in [0.1, 0.15) is 33.1 Å². The van der Waals surface area contributed by atoms with Gasteiger partial charge in [-0.05, 0) is 18.2 Å². The summed E-state index contributed by atoms with van der Waals surface area (Å²) in [4.78, 5) is 10.2. The summed E-state index contributed by atoms with van der Waals surface area (Å²) in [5.74, 6) is 0. The van der Waals surface area contributed by atoms with Crippen molar-refractivity contribution in [3.63, 3.8) is 0 Å². The largest absolute Gasteiger partial charge is 0.303 e. The summed E-state index contributed by atoms with van der Waals surface area (Å²) in [6, 6.07) is 0. The van der Waals surface area contributed by atoms with Gasteiger partial charge in [-0.3, -0.25) is 0 Å². The molecule has 0 fully saturated rings. The highest BCUT2D eigenvalue weighted by molar-refractivity contribution is 7.79. The second-order valence-electron chi connectivity index (χ2n) is 2.56. The van der Waals surface area contributed by atoms with Crippen LogP contribution in [0.25, 0.3) is 0 Å². The smallest absolute Gasteiger partial charge is 0.120 e. The molecule has 0 aromatic heterocycles. The maximum atomic E-state index is 10.2. The van der Waals surface area contributed by atoms with E-state index in [4.69, 9.17) is 12.2 Å². The third kappa shape index (κ3) is 2.18. The first-order valence-corrected chi connectivity index (χ1v) is 4.11. The fourth-order valence-corrected chi connectivity index (χ4v) is 1.35. The van der Waals surface area contributed by atoms with Gasteiger partial charge in [0.05, 0.1) is 0 Å². The summed E-state index contributed by atoms with van der Waals surface area (Å²) in [7, 11) is 0. The molecule has 0 atom stereocenters. The van der Waals surface area contributed by atoms with E-state index in [9.17, 15) is 4.79 Å². The van der Waals surface area contributed by atoms with Crippen molar-refractivity contribution < 1.29 is 4.79 Å². The van der Waals surface area contributed by atoms with Crippen LogP contribution in [0.3, 0.4) is 0 Å². The highest BCUT2D eigenvalue weighted by Crippen LogP contribution is 2.26. The van der Waals surface area contributed by atoms with Crippen molar-refractivity contribution in [1.82, 2.24) is 0 Å². The third-order valence-electron chi connectivity index (χ3n) is 2.15. The second-order valence-corrected chi connectivity index (χ2v) is 2.79. The average Bonchev–Trinajstić information content (AvgIpc) is 2.01. The van der Waals surface area contributed by atoms with Crippen molar-refractivity contribution in [3.05, 3.63) is 0 Å². The molecule has 0 aliphatic rings. The molecule has 0 radical (unpaired) electrons. The molecule has 0 aliphatic carbocycles. The van der Waals surface area contributed by atoms with Gasteiger partial charge in [0, 0.05) is 11.8 Å². The maximum absolute atomic E-state index is 10.2. The highest BCUT2D eigenvalue weighted by Gasteiger charge is 2.21. The summed E-state index contributed by atoms with van der Waals surface area (Å²) in [6.07, 6.45) is 3.46. The zero-order chi connectivity index (χ0) is 8.04. The van der Waals surface area contributed by atoms with Crippen LogP contribution in [0.2, 0.25) is 0 Å². The molecule has 0 heterocycles. The van der Waals surface area contributed by atoms with Gasteiger partial charge in [0.15, 0.2) is 0 Å². The first kappa shape index (κ1) is 9.76. The molecule has 0 aromatic carbocycles. The Morgan fingerprint density at radius 1 is 1.40 bits per heavy atom. The molecular formula is C8H14OS. The predicted octanol–water partition coefficient (Wildman–Crippen LogP) is 2.38. The third-order valence-corrected chi connectivity index (χ3v) is 2.65. The van der Waals surface area contributed by atoms with Gasteiger partial charge in [-0.25, -0.2) is 0 Å². The minimum Gasteiger partial charge on any atom is -0.303 e. The van der Waals surface area contributed by atoms with Crippen LogP contribution < -0.4 is 0 Å². The van der Waals surface area contributed by atoms with E-state index < -0.39 is 0 Å². The lowest BCUT2D eigenvalue weighted by molar-refractivity contribution is -0.109. The number of rotatable bonds is 5. The number of hydrogen-bond acceptors (Lipinski definition) is 2. The van der Waals surface area contributed by atoms with Gasteiger partial charge in [0.1, 0.15) is 6.29 Å². The molecule has 0 bridgehead atoms. The Hall–Kier alpha value is -0.240. The van der Waals surface area contributed by atoms with Crippen LogP contribution in [0.15, 0.2) is 0 Å². The average molecular weight is 158 g/mol. The molecule has 0 aliphatic heterocycles. The van der Waals surface area contributed by atoms with Gasteiger partial charge in [0.25, 0.3) is 0 Å². The first-order chi connectivity index (χ1) is 4.74. The minimum absolute atomic E-state index is 0.00289. The van der Waals surface area contributed by atoms with Crippen LogP contribution in [0.4, 0.5) is 0 Å². The number of hydrogen-bond donors (Lipinski definition) is 0. The van der Waals surface area contributed by atoms with Gasteiger partial charge in [-0.1, -0.05) is 26.1 Å². The van der Waals surface area contributed by atoms with Crippen molar-refractivity contribution in [1.29, 1.82) is 0 Å². The number of carbonyl (C=O) groups excluding carboxylic acids is 1. The van der Waals surface area contributed by atoms with Crippen LogP contribution in [0, 0.1) is 5.41 Å². The topological polar surface area (TPSA) is 17.1 Å². The van der Waals surface area contributed by atoms with E-state index in [0.717, 1.165) is 19.1 Å². The van der Waals surface area contributed by atoms with Crippen molar-refractivity contribution in [2.45, 2.75) is 33.1 Å². The van der Waals surface area contributed by atoms with Crippen molar-refractivity contribution in [3.8, 4) is 0 Å². The Morgan fingerprint density at radius 3 is 2.00 bits per heavy atom. The maximum Gasteiger partial charge on any atom is 0.120 e. The van der Waals surface area contributed by atoms with Gasteiger partial charge in [-0.2, -0.15) is 0 Å². The molecule has 2 heteroatoms. The van der Waals surface area contributed by atoms with Crippen molar-refractivity contribution in [2.24, 2.45) is 5.41 Å². The second kappa shape index (κ2) is 4.56. The quantitative estimate of drug-likeness (QED) is 0.451. The van der Waals surface area contributed by atoms with Crippen LogP contribution in [-0.2, 0) is 4.79 Å². The zero-order valence-electron chi connectivity index (χ0n) is 6.59. The monoisotopic (exact) mass is 158 g/mol. The summed E-state index contributed by atoms with van der Waals surface area (Å²) in [5.41, 5.74) is -0.00289. The van der Waals surface area contributed by atoms with Crippen molar-refractivity contribution >= 4 is 23.9 Å². The normalized spacial score (nSPS) is 11.0. The van der Waals surface area contributed by atoms with E-state index in [-0.39, 0.29) is 5.41 Å². The Bertz CT molecular complexity index is 116. The van der Waals surface area contributed by atoms with E-state index in [1.807, 2.05) is 0 Å². The summed E-state index contributed by atoms with van der Waals surface area (Å²) < 4.78 is 0. The molecule has 0 saturated heterocycles.